The monoisotopic (exact) mass is 475 g/mol. The van der Waals surface area contributed by atoms with Crippen LogP contribution in [-0.2, 0) is 20.2 Å². The van der Waals surface area contributed by atoms with Crippen molar-refractivity contribution >= 4 is 21.6 Å². The fourth-order valence-electron chi connectivity index (χ4n) is 3.83. The van der Waals surface area contributed by atoms with Crippen LogP contribution in [0.4, 0.5) is 5.69 Å². The van der Waals surface area contributed by atoms with Gasteiger partial charge in [-0.3, -0.25) is 4.79 Å². The van der Waals surface area contributed by atoms with E-state index in [1.165, 1.54) is 12.1 Å². The lowest BCUT2D eigenvalue weighted by Gasteiger charge is -2.37. The normalized spacial score (nSPS) is 15.9. The van der Waals surface area contributed by atoms with E-state index in [2.05, 4.69) is 9.62 Å². The average molecular weight is 476 g/mol. The minimum absolute atomic E-state index is 0.0581. The molecule has 0 radical (unpaired) electrons. The summed E-state index contributed by atoms with van der Waals surface area (Å²) in [5.74, 6) is 0.322. The van der Waals surface area contributed by atoms with Crippen LogP contribution >= 0.6 is 0 Å². The van der Waals surface area contributed by atoms with Crippen molar-refractivity contribution in [2.45, 2.75) is 37.1 Å². The summed E-state index contributed by atoms with van der Waals surface area (Å²) in [5, 5.41) is 9.79. The van der Waals surface area contributed by atoms with Crippen molar-refractivity contribution in [3.05, 3.63) is 54.1 Å². The van der Waals surface area contributed by atoms with E-state index < -0.39 is 28.6 Å². The number of anilines is 1. The van der Waals surface area contributed by atoms with Crippen LogP contribution in [0.5, 0.6) is 5.75 Å². The Labute approximate surface area is 196 Å². The minimum Gasteiger partial charge on any atom is -0.495 e. The summed E-state index contributed by atoms with van der Waals surface area (Å²) < 4.78 is 33.5. The number of nitrogens with zero attached hydrogens (tertiary/aromatic N) is 2. The molecule has 0 aliphatic carbocycles. The number of benzene rings is 2. The molecule has 9 heteroatoms. The number of piperazine rings is 1. The van der Waals surface area contributed by atoms with Crippen molar-refractivity contribution < 1.29 is 23.1 Å². The van der Waals surface area contributed by atoms with Gasteiger partial charge in [0.05, 0.1) is 24.3 Å². The van der Waals surface area contributed by atoms with E-state index in [-0.39, 0.29) is 10.3 Å². The average Bonchev–Trinajstić information content (AvgIpc) is 2.81. The van der Waals surface area contributed by atoms with Crippen molar-refractivity contribution in [2.75, 3.05) is 44.8 Å². The standard InChI is InChI=1S/C24H33N3O5S/c1-24(2,3)18-9-11-19(12-10-18)33(30,31)25-20(17-28)23(29)27-15-13-26(14-16-27)21-7-5-6-8-22(21)32-4/h5-12,20,25,28H,13-17H2,1-4H3/t20-/m0/s1. The molecule has 1 heterocycles. The smallest absolute Gasteiger partial charge is 0.243 e. The summed E-state index contributed by atoms with van der Waals surface area (Å²) in [5.41, 5.74) is 1.85. The summed E-state index contributed by atoms with van der Waals surface area (Å²) in [7, 11) is -2.35. The minimum atomic E-state index is -3.96. The Morgan fingerprint density at radius 2 is 1.67 bits per heavy atom. The molecule has 1 aliphatic heterocycles. The number of hydrogen-bond donors (Lipinski definition) is 2. The highest BCUT2D eigenvalue weighted by molar-refractivity contribution is 7.89. The first kappa shape index (κ1) is 25.0. The van der Waals surface area contributed by atoms with Crippen LogP contribution in [0.1, 0.15) is 26.3 Å². The van der Waals surface area contributed by atoms with E-state index in [1.54, 1.807) is 24.1 Å². The van der Waals surface area contributed by atoms with Crippen LogP contribution in [0, 0.1) is 0 Å². The lowest BCUT2D eigenvalue weighted by Crippen LogP contribution is -2.56. The quantitative estimate of drug-likeness (QED) is 0.635. The maximum Gasteiger partial charge on any atom is 0.243 e. The van der Waals surface area contributed by atoms with Gasteiger partial charge in [0.2, 0.25) is 15.9 Å². The number of carbonyl (C=O) groups is 1. The van der Waals surface area contributed by atoms with Crippen molar-refractivity contribution in [3.63, 3.8) is 0 Å². The van der Waals surface area contributed by atoms with Crippen molar-refractivity contribution in [1.82, 2.24) is 9.62 Å². The van der Waals surface area contributed by atoms with Crippen LogP contribution < -0.4 is 14.4 Å². The summed E-state index contributed by atoms with van der Waals surface area (Å²) in [6.07, 6.45) is 0. The van der Waals surface area contributed by atoms with Gasteiger partial charge in [-0.15, -0.1) is 0 Å². The molecular formula is C24H33N3O5S. The molecule has 1 aliphatic rings. The van der Waals surface area contributed by atoms with Gasteiger partial charge in [0.15, 0.2) is 0 Å². The first-order chi connectivity index (χ1) is 15.6. The number of amides is 1. The third kappa shape index (κ3) is 5.85. The number of methoxy groups -OCH3 is 1. The Kier molecular flexibility index (Phi) is 7.66. The molecule has 8 nitrogen and oxygen atoms in total. The molecule has 2 aromatic rings. The summed E-state index contributed by atoms with van der Waals surface area (Å²) in [6.45, 7) is 7.49. The fourth-order valence-corrected chi connectivity index (χ4v) is 5.01. The lowest BCUT2D eigenvalue weighted by atomic mass is 9.87. The highest BCUT2D eigenvalue weighted by Crippen LogP contribution is 2.28. The van der Waals surface area contributed by atoms with E-state index in [0.29, 0.717) is 26.2 Å². The number of sulfonamides is 1. The first-order valence-electron chi connectivity index (χ1n) is 11.0. The molecular weight excluding hydrogens is 442 g/mol. The fraction of sp³-hybridized carbons (Fsp3) is 0.458. The third-order valence-corrected chi connectivity index (χ3v) is 7.31. The van der Waals surface area contributed by atoms with Crippen LogP contribution in [0.15, 0.2) is 53.4 Å². The van der Waals surface area contributed by atoms with E-state index in [9.17, 15) is 18.3 Å². The Hall–Kier alpha value is -2.62. The van der Waals surface area contributed by atoms with Gasteiger partial charge in [-0.25, -0.2) is 8.42 Å². The van der Waals surface area contributed by atoms with Crippen molar-refractivity contribution in [3.8, 4) is 5.75 Å². The second-order valence-electron chi connectivity index (χ2n) is 9.12. The van der Waals surface area contributed by atoms with Gasteiger partial charge in [-0.1, -0.05) is 45.0 Å². The molecule has 0 bridgehead atoms. The molecule has 1 amide bonds. The number of rotatable bonds is 7. The maximum atomic E-state index is 13.0. The second kappa shape index (κ2) is 10.1. The predicted octanol–water partition coefficient (Wildman–Crippen LogP) is 1.98. The van der Waals surface area contributed by atoms with Crippen LogP contribution in [0.2, 0.25) is 0 Å². The van der Waals surface area contributed by atoms with Gasteiger partial charge in [-0.2, -0.15) is 4.72 Å². The summed E-state index contributed by atoms with van der Waals surface area (Å²) in [6, 6.07) is 13.0. The van der Waals surface area contributed by atoms with Crippen molar-refractivity contribution in [2.24, 2.45) is 0 Å². The number of para-hydroxylation sites is 2. The molecule has 33 heavy (non-hydrogen) atoms. The number of hydrogen-bond acceptors (Lipinski definition) is 6. The molecule has 0 spiro atoms. The van der Waals surface area contributed by atoms with Crippen LogP contribution in [0.25, 0.3) is 0 Å². The van der Waals surface area contributed by atoms with Crippen molar-refractivity contribution in [1.29, 1.82) is 0 Å². The Morgan fingerprint density at radius 3 is 2.21 bits per heavy atom. The van der Waals surface area contributed by atoms with E-state index in [4.69, 9.17) is 4.74 Å². The summed E-state index contributed by atoms with van der Waals surface area (Å²) in [4.78, 5) is 16.7. The highest BCUT2D eigenvalue weighted by Gasteiger charge is 2.31. The number of nitrogens with one attached hydrogen (secondary N) is 1. The maximum absolute atomic E-state index is 13.0. The SMILES string of the molecule is COc1ccccc1N1CCN(C(=O)[C@H](CO)NS(=O)(=O)c2ccc(C(C)(C)C)cc2)CC1. The zero-order valence-electron chi connectivity index (χ0n) is 19.6. The predicted molar refractivity (Wildman–Crippen MR) is 128 cm³/mol. The molecule has 1 fully saturated rings. The van der Waals surface area contributed by atoms with Gasteiger partial charge in [0, 0.05) is 26.2 Å². The molecule has 0 unspecified atom stereocenters. The van der Waals surface area contributed by atoms with E-state index >= 15 is 0 Å². The molecule has 2 aromatic carbocycles. The highest BCUT2D eigenvalue weighted by atomic mass is 32.2. The Bertz CT molecular complexity index is 1060. The number of aliphatic hydroxyl groups excluding tert-OH is 1. The van der Waals surface area contributed by atoms with Gasteiger partial charge >= 0.3 is 0 Å². The number of ether oxygens (including phenoxy) is 1. The van der Waals surface area contributed by atoms with E-state index in [1.807, 2.05) is 45.0 Å². The molecule has 2 N–H and O–H groups in total. The summed E-state index contributed by atoms with van der Waals surface area (Å²) >= 11 is 0. The number of carbonyl (C=O) groups excluding carboxylic acids is 1. The van der Waals surface area contributed by atoms with Crippen LogP contribution in [0.3, 0.4) is 0 Å². The molecule has 0 saturated carbocycles. The second-order valence-corrected chi connectivity index (χ2v) is 10.8. The lowest BCUT2D eigenvalue weighted by molar-refractivity contribution is -0.134. The van der Waals surface area contributed by atoms with Gasteiger partial charge in [0.25, 0.3) is 0 Å². The molecule has 0 aromatic heterocycles. The zero-order chi connectivity index (χ0) is 24.2. The van der Waals surface area contributed by atoms with Gasteiger partial charge in [0.1, 0.15) is 11.8 Å². The molecule has 3 rings (SSSR count). The zero-order valence-corrected chi connectivity index (χ0v) is 20.4. The largest absolute Gasteiger partial charge is 0.495 e. The number of aliphatic hydroxyl groups is 1. The topological polar surface area (TPSA) is 99.2 Å². The van der Waals surface area contributed by atoms with Crippen LogP contribution in [-0.4, -0.2) is 70.3 Å². The molecule has 1 saturated heterocycles. The molecule has 180 valence electrons. The van der Waals surface area contributed by atoms with Gasteiger partial charge in [-0.05, 0) is 35.2 Å². The van der Waals surface area contributed by atoms with E-state index in [0.717, 1.165) is 17.0 Å². The third-order valence-electron chi connectivity index (χ3n) is 5.83. The first-order valence-corrected chi connectivity index (χ1v) is 12.5. The Balaban J connectivity index is 1.65. The Morgan fingerprint density at radius 1 is 1.06 bits per heavy atom. The van der Waals surface area contributed by atoms with Gasteiger partial charge < -0.3 is 19.6 Å². The molecule has 1 atom stereocenters.